The van der Waals surface area contributed by atoms with Crippen LogP contribution in [0.25, 0.3) is 11.4 Å². The summed E-state index contributed by atoms with van der Waals surface area (Å²) in [4.78, 5) is 20.1. The van der Waals surface area contributed by atoms with Gasteiger partial charge in [-0.3, -0.25) is 4.79 Å². The van der Waals surface area contributed by atoms with E-state index < -0.39 is 0 Å². The van der Waals surface area contributed by atoms with Crippen molar-refractivity contribution < 1.29 is 4.79 Å². The van der Waals surface area contributed by atoms with E-state index in [0.717, 1.165) is 73.8 Å². The van der Waals surface area contributed by atoms with Crippen molar-refractivity contribution in [3.05, 3.63) is 40.7 Å². The quantitative estimate of drug-likeness (QED) is 0.760. The zero-order valence-corrected chi connectivity index (χ0v) is 16.1. The van der Waals surface area contributed by atoms with Crippen LogP contribution in [0.4, 0.5) is 0 Å². The fourth-order valence-electron chi connectivity index (χ4n) is 4.07. The number of aromatic nitrogens is 2. The molecule has 1 fully saturated rings. The zero-order valence-electron chi connectivity index (χ0n) is 15.4. The van der Waals surface area contributed by atoms with Gasteiger partial charge in [-0.15, -0.1) is 0 Å². The third-order valence-corrected chi connectivity index (χ3v) is 6.00. The number of imidazole rings is 1. The Kier molecular flexibility index (Phi) is 5.03. The molecule has 0 radical (unpaired) electrons. The van der Waals surface area contributed by atoms with Crippen LogP contribution in [0.15, 0.2) is 24.3 Å². The van der Waals surface area contributed by atoms with E-state index in [2.05, 4.69) is 11.5 Å². The number of nitrogens with zero attached hydrogens (tertiary/aromatic N) is 3. The zero-order chi connectivity index (χ0) is 18.1. The maximum absolute atomic E-state index is 13.2. The molecule has 26 heavy (non-hydrogen) atoms. The molecule has 4 rings (SSSR count). The van der Waals surface area contributed by atoms with Gasteiger partial charge in [0, 0.05) is 30.2 Å². The summed E-state index contributed by atoms with van der Waals surface area (Å²) in [5.41, 5.74) is 2.83. The fourth-order valence-corrected chi connectivity index (χ4v) is 4.20. The number of amides is 1. The van der Waals surface area contributed by atoms with Gasteiger partial charge < -0.3 is 9.47 Å². The summed E-state index contributed by atoms with van der Waals surface area (Å²) in [6, 6.07) is 7.78. The molecule has 0 bridgehead atoms. The second kappa shape index (κ2) is 7.43. The number of rotatable bonds is 2. The van der Waals surface area contributed by atoms with Crippen molar-refractivity contribution in [2.24, 2.45) is 5.92 Å². The Hall–Kier alpha value is -1.81. The summed E-state index contributed by atoms with van der Waals surface area (Å²) >= 11 is 6.05. The monoisotopic (exact) mass is 371 g/mol. The number of fused-ring (bicyclic) bond motifs is 1. The summed E-state index contributed by atoms with van der Waals surface area (Å²) in [6.45, 7) is 4.90. The summed E-state index contributed by atoms with van der Waals surface area (Å²) in [7, 11) is 0. The van der Waals surface area contributed by atoms with E-state index in [9.17, 15) is 4.79 Å². The molecule has 4 nitrogen and oxygen atoms in total. The first-order valence-electron chi connectivity index (χ1n) is 9.78. The van der Waals surface area contributed by atoms with Crippen molar-refractivity contribution in [1.29, 1.82) is 0 Å². The average molecular weight is 372 g/mol. The molecule has 1 aromatic carbocycles. The highest BCUT2D eigenvalue weighted by atomic mass is 35.5. The molecule has 138 valence electrons. The van der Waals surface area contributed by atoms with Gasteiger partial charge in [0.05, 0.1) is 5.69 Å². The molecule has 2 aromatic rings. The standard InChI is InChI=1S/C21H26ClN3O/c1-15-10-13-24(14-11-15)21(26)19-18-5-3-2-4-12-25(18)20(23-19)16-6-8-17(22)9-7-16/h6-9,15H,2-5,10-14H2,1H3. The van der Waals surface area contributed by atoms with Crippen LogP contribution in [0, 0.1) is 5.92 Å². The van der Waals surface area contributed by atoms with E-state index in [4.69, 9.17) is 16.6 Å². The number of carbonyl (C=O) groups excluding carboxylic acids is 1. The van der Waals surface area contributed by atoms with Crippen molar-refractivity contribution in [2.75, 3.05) is 13.1 Å². The summed E-state index contributed by atoms with van der Waals surface area (Å²) in [5.74, 6) is 1.73. The first-order valence-corrected chi connectivity index (χ1v) is 10.2. The van der Waals surface area contributed by atoms with E-state index in [1.807, 2.05) is 29.2 Å². The van der Waals surface area contributed by atoms with E-state index in [-0.39, 0.29) is 5.91 Å². The number of halogens is 1. The minimum Gasteiger partial charge on any atom is -0.337 e. The minimum atomic E-state index is 0.114. The molecule has 0 N–H and O–H groups in total. The van der Waals surface area contributed by atoms with Crippen molar-refractivity contribution >= 4 is 17.5 Å². The Morgan fingerprint density at radius 2 is 1.81 bits per heavy atom. The lowest BCUT2D eigenvalue weighted by atomic mass is 9.99. The molecular formula is C21H26ClN3O. The Morgan fingerprint density at radius 3 is 2.54 bits per heavy atom. The van der Waals surface area contributed by atoms with Gasteiger partial charge in [0.25, 0.3) is 5.91 Å². The van der Waals surface area contributed by atoms with Crippen molar-refractivity contribution in [2.45, 2.75) is 52.0 Å². The second-order valence-corrected chi connectivity index (χ2v) is 8.11. The van der Waals surface area contributed by atoms with Gasteiger partial charge in [0.2, 0.25) is 0 Å². The highest BCUT2D eigenvalue weighted by Gasteiger charge is 2.29. The number of benzene rings is 1. The number of hydrogen-bond acceptors (Lipinski definition) is 2. The average Bonchev–Trinajstić information content (AvgIpc) is 2.84. The molecular weight excluding hydrogens is 346 g/mol. The highest BCUT2D eigenvalue weighted by molar-refractivity contribution is 6.30. The smallest absolute Gasteiger partial charge is 0.274 e. The van der Waals surface area contributed by atoms with Crippen LogP contribution in [-0.2, 0) is 13.0 Å². The second-order valence-electron chi connectivity index (χ2n) is 7.67. The predicted molar refractivity (Wildman–Crippen MR) is 105 cm³/mol. The molecule has 2 aliphatic heterocycles. The van der Waals surface area contributed by atoms with Crippen LogP contribution in [0.1, 0.15) is 55.2 Å². The maximum atomic E-state index is 13.2. The molecule has 1 amide bonds. The first kappa shape index (κ1) is 17.6. The summed E-state index contributed by atoms with van der Waals surface area (Å²) in [6.07, 6.45) is 6.59. The first-order chi connectivity index (χ1) is 12.6. The lowest BCUT2D eigenvalue weighted by Crippen LogP contribution is -2.38. The Bertz CT molecular complexity index is 788. The largest absolute Gasteiger partial charge is 0.337 e. The topological polar surface area (TPSA) is 38.1 Å². The van der Waals surface area contributed by atoms with Crippen LogP contribution in [0.2, 0.25) is 5.02 Å². The number of likely N-dealkylation sites (tertiary alicyclic amines) is 1. The van der Waals surface area contributed by atoms with Gasteiger partial charge in [-0.1, -0.05) is 24.9 Å². The number of piperidine rings is 1. The molecule has 0 saturated carbocycles. The Labute approximate surface area is 160 Å². The SMILES string of the molecule is CC1CCN(C(=O)c2nc(-c3ccc(Cl)cc3)n3c2CCCCC3)CC1. The molecule has 3 heterocycles. The fraction of sp³-hybridized carbons (Fsp3) is 0.524. The molecule has 0 unspecified atom stereocenters. The molecule has 1 saturated heterocycles. The molecule has 0 spiro atoms. The van der Waals surface area contributed by atoms with E-state index in [1.165, 1.54) is 6.42 Å². The molecule has 0 atom stereocenters. The maximum Gasteiger partial charge on any atom is 0.274 e. The van der Waals surface area contributed by atoms with Gasteiger partial charge in [-0.25, -0.2) is 4.98 Å². The lowest BCUT2D eigenvalue weighted by Gasteiger charge is -2.30. The predicted octanol–water partition coefficient (Wildman–Crippen LogP) is 4.80. The van der Waals surface area contributed by atoms with Crippen LogP contribution in [0.5, 0.6) is 0 Å². The van der Waals surface area contributed by atoms with Crippen LogP contribution < -0.4 is 0 Å². The van der Waals surface area contributed by atoms with Crippen molar-refractivity contribution in [3.8, 4) is 11.4 Å². The molecule has 5 heteroatoms. The summed E-state index contributed by atoms with van der Waals surface area (Å²) < 4.78 is 2.27. The van der Waals surface area contributed by atoms with Crippen LogP contribution >= 0.6 is 11.6 Å². The third kappa shape index (κ3) is 3.39. The van der Waals surface area contributed by atoms with Gasteiger partial charge in [0.15, 0.2) is 0 Å². The summed E-state index contributed by atoms with van der Waals surface area (Å²) in [5, 5.41) is 0.718. The Balaban J connectivity index is 1.72. The van der Waals surface area contributed by atoms with Crippen LogP contribution in [-0.4, -0.2) is 33.4 Å². The van der Waals surface area contributed by atoms with Gasteiger partial charge >= 0.3 is 0 Å². The lowest BCUT2D eigenvalue weighted by molar-refractivity contribution is 0.0690. The normalized spacial score (nSPS) is 18.5. The van der Waals surface area contributed by atoms with E-state index >= 15 is 0 Å². The minimum absolute atomic E-state index is 0.114. The van der Waals surface area contributed by atoms with Crippen molar-refractivity contribution in [1.82, 2.24) is 14.5 Å². The molecule has 2 aliphatic rings. The van der Waals surface area contributed by atoms with Crippen molar-refractivity contribution in [3.63, 3.8) is 0 Å². The molecule has 1 aromatic heterocycles. The van der Waals surface area contributed by atoms with E-state index in [0.29, 0.717) is 11.6 Å². The Morgan fingerprint density at radius 1 is 1.08 bits per heavy atom. The molecule has 0 aliphatic carbocycles. The number of hydrogen-bond donors (Lipinski definition) is 0. The number of carbonyl (C=O) groups is 1. The van der Waals surface area contributed by atoms with Gasteiger partial charge in [-0.2, -0.15) is 0 Å². The highest BCUT2D eigenvalue weighted by Crippen LogP contribution is 2.29. The van der Waals surface area contributed by atoms with Crippen LogP contribution in [0.3, 0.4) is 0 Å². The van der Waals surface area contributed by atoms with E-state index in [1.54, 1.807) is 0 Å². The third-order valence-electron chi connectivity index (χ3n) is 5.74. The van der Waals surface area contributed by atoms with Gasteiger partial charge in [-0.05, 0) is 62.3 Å². The van der Waals surface area contributed by atoms with Gasteiger partial charge in [0.1, 0.15) is 11.5 Å².